The molecular weight excluding hydrogens is 234 g/mol. The van der Waals surface area contributed by atoms with Crippen LogP contribution in [0.2, 0.25) is 0 Å². The van der Waals surface area contributed by atoms with Crippen LogP contribution in [0.5, 0.6) is 0 Å². The second-order valence-corrected chi connectivity index (χ2v) is 4.40. The lowest BCUT2D eigenvalue weighted by Crippen LogP contribution is -2.25. The minimum Gasteiger partial charge on any atom is -0.462 e. The number of nitrogens with zero attached hydrogens (tertiary/aromatic N) is 2. The standard InChI is InChI=1S/C12H17N3O3/c1-3-17-10(16)8-7-14-11(15-9(8)13)12(2)5-4-6-18-12/h7H,3-6H2,1-2H3,(H2,13,14,15). The lowest BCUT2D eigenvalue weighted by molar-refractivity contribution is 0.00931. The first-order valence-corrected chi connectivity index (χ1v) is 6.01. The molecule has 0 amide bonds. The molecular formula is C12H17N3O3. The molecule has 1 unspecified atom stereocenters. The van der Waals surface area contributed by atoms with Gasteiger partial charge >= 0.3 is 5.97 Å². The van der Waals surface area contributed by atoms with Gasteiger partial charge in [-0.15, -0.1) is 0 Å². The predicted octanol–water partition coefficient (Wildman–Crippen LogP) is 1.26. The highest BCUT2D eigenvalue weighted by molar-refractivity contribution is 5.93. The van der Waals surface area contributed by atoms with Crippen molar-refractivity contribution in [2.75, 3.05) is 18.9 Å². The van der Waals surface area contributed by atoms with Gasteiger partial charge in [-0.3, -0.25) is 0 Å². The average Bonchev–Trinajstić information content (AvgIpc) is 2.77. The van der Waals surface area contributed by atoms with Gasteiger partial charge in [-0.25, -0.2) is 14.8 Å². The van der Waals surface area contributed by atoms with Gasteiger partial charge in [0, 0.05) is 12.8 Å². The number of esters is 1. The lowest BCUT2D eigenvalue weighted by Gasteiger charge is -2.21. The average molecular weight is 251 g/mol. The summed E-state index contributed by atoms with van der Waals surface area (Å²) in [6.07, 6.45) is 3.23. The van der Waals surface area contributed by atoms with Gasteiger partial charge < -0.3 is 15.2 Å². The maximum atomic E-state index is 11.6. The fourth-order valence-electron chi connectivity index (χ4n) is 1.97. The van der Waals surface area contributed by atoms with Crippen LogP contribution in [0, 0.1) is 0 Å². The van der Waals surface area contributed by atoms with E-state index in [0.29, 0.717) is 19.0 Å². The summed E-state index contributed by atoms with van der Waals surface area (Å²) >= 11 is 0. The summed E-state index contributed by atoms with van der Waals surface area (Å²) in [6, 6.07) is 0. The summed E-state index contributed by atoms with van der Waals surface area (Å²) in [4.78, 5) is 19.9. The molecule has 2 rings (SSSR count). The zero-order valence-corrected chi connectivity index (χ0v) is 10.6. The summed E-state index contributed by atoms with van der Waals surface area (Å²) in [5.41, 5.74) is 5.47. The molecule has 6 heteroatoms. The number of carbonyl (C=O) groups excluding carboxylic acids is 1. The number of hydrogen-bond acceptors (Lipinski definition) is 6. The largest absolute Gasteiger partial charge is 0.462 e. The van der Waals surface area contributed by atoms with Gasteiger partial charge in [-0.2, -0.15) is 0 Å². The molecule has 0 aliphatic carbocycles. The van der Waals surface area contributed by atoms with Gasteiger partial charge in [0.1, 0.15) is 17.0 Å². The molecule has 0 aromatic carbocycles. The molecule has 2 heterocycles. The molecule has 1 aromatic rings. The zero-order chi connectivity index (χ0) is 13.2. The normalized spacial score (nSPS) is 23.0. The van der Waals surface area contributed by atoms with Crippen LogP contribution >= 0.6 is 0 Å². The summed E-state index contributed by atoms with van der Waals surface area (Å²) < 4.78 is 10.5. The predicted molar refractivity (Wildman–Crippen MR) is 64.9 cm³/mol. The molecule has 1 fully saturated rings. The second kappa shape index (κ2) is 4.89. The van der Waals surface area contributed by atoms with Crippen LogP contribution in [0.3, 0.4) is 0 Å². The minimum absolute atomic E-state index is 0.134. The van der Waals surface area contributed by atoms with E-state index in [1.165, 1.54) is 6.20 Å². The van der Waals surface area contributed by atoms with Gasteiger partial charge in [0.15, 0.2) is 5.82 Å². The highest BCUT2D eigenvalue weighted by Gasteiger charge is 2.35. The van der Waals surface area contributed by atoms with Crippen LogP contribution in [-0.4, -0.2) is 29.2 Å². The highest BCUT2D eigenvalue weighted by Crippen LogP contribution is 2.33. The van der Waals surface area contributed by atoms with E-state index in [4.69, 9.17) is 15.2 Å². The van der Waals surface area contributed by atoms with Gasteiger partial charge in [0.2, 0.25) is 0 Å². The second-order valence-electron chi connectivity index (χ2n) is 4.40. The monoisotopic (exact) mass is 251 g/mol. The van der Waals surface area contributed by atoms with E-state index in [0.717, 1.165) is 12.8 Å². The number of nitrogen functional groups attached to an aromatic ring is 1. The van der Waals surface area contributed by atoms with Crippen molar-refractivity contribution in [3.05, 3.63) is 17.6 Å². The number of anilines is 1. The molecule has 18 heavy (non-hydrogen) atoms. The number of nitrogens with two attached hydrogens (primary N) is 1. The molecule has 2 N–H and O–H groups in total. The smallest absolute Gasteiger partial charge is 0.343 e. The van der Waals surface area contributed by atoms with E-state index in [1.807, 2.05) is 6.92 Å². The number of hydrogen-bond donors (Lipinski definition) is 1. The Kier molecular flexibility index (Phi) is 3.47. The molecule has 1 aliphatic rings. The van der Waals surface area contributed by atoms with Crippen molar-refractivity contribution in [1.82, 2.24) is 9.97 Å². The van der Waals surface area contributed by atoms with Crippen molar-refractivity contribution in [2.45, 2.75) is 32.3 Å². The Labute approximate surface area is 106 Å². The third kappa shape index (κ3) is 2.28. The molecule has 0 bridgehead atoms. The Morgan fingerprint density at radius 2 is 2.44 bits per heavy atom. The van der Waals surface area contributed by atoms with E-state index >= 15 is 0 Å². The zero-order valence-electron chi connectivity index (χ0n) is 10.6. The summed E-state index contributed by atoms with van der Waals surface area (Å²) in [6.45, 7) is 4.65. The first kappa shape index (κ1) is 12.8. The third-order valence-corrected chi connectivity index (χ3v) is 3.01. The summed E-state index contributed by atoms with van der Waals surface area (Å²) in [7, 11) is 0. The van der Waals surface area contributed by atoms with Crippen LogP contribution in [0.4, 0.5) is 5.82 Å². The van der Waals surface area contributed by atoms with Crippen LogP contribution in [0.15, 0.2) is 6.20 Å². The van der Waals surface area contributed by atoms with Crippen LogP contribution in [0.1, 0.15) is 42.9 Å². The Balaban J connectivity index is 2.27. The molecule has 1 saturated heterocycles. The fourth-order valence-corrected chi connectivity index (χ4v) is 1.97. The quantitative estimate of drug-likeness (QED) is 0.814. The number of aromatic nitrogens is 2. The van der Waals surface area contributed by atoms with Crippen LogP contribution in [-0.2, 0) is 15.1 Å². The topological polar surface area (TPSA) is 87.3 Å². The van der Waals surface area contributed by atoms with Crippen molar-refractivity contribution in [3.8, 4) is 0 Å². The molecule has 0 spiro atoms. The Bertz CT molecular complexity index is 456. The molecule has 6 nitrogen and oxygen atoms in total. The van der Waals surface area contributed by atoms with E-state index in [2.05, 4.69) is 9.97 Å². The Morgan fingerprint density at radius 1 is 1.67 bits per heavy atom. The minimum atomic E-state index is -0.501. The van der Waals surface area contributed by atoms with Gasteiger partial charge in [0.25, 0.3) is 0 Å². The van der Waals surface area contributed by atoms with E-state index in [9.17, 15) is 4.79 Å². The van der Waals surface area contributed by atoms with Crippen LogP contribution in [0.25, 0.3) is 0 Å². The fraction of sp³-hybridized carbons (Fsp3) is 0.583. The third-order valence-electron chi connectivity index (χ3n) is 3.01. The van der Waals surface area contributed by atoms with Crippen LogP contribution < -0.4 is 5.73 Å². The van der Waals surface area contributed by atoms with Crippen molar-refractivity contribution in [3.63, 3.8) is 0 Å². The summed E-state index contributed by atoms with van der Waals surface area (Å²) in [5, 5.41) is 0. The highest BCUT2D eigenvalue weighted by atomic mass is 16.5. The van der Waals surface area contributed by atoms with E-state index in [1.54, 1.807) is 6.92 Å². The molecule has 0 radical (unpaired) electrons. The first-order chi connectivity index (χ1) is 8.57. The lowest BCUT2D eigenvalue weighted by atomic mass is 10.0. The van der Waals surface area contributed by atoms with Crippen molar-refractivity contribution >= 4 is 11.8 Å². The summed E-state index contributed by atoms with van der Waals surface area (Å²) in [5.74, 6) is 0.153. The number of ether oxygens (including phenoxy) is 2. The number of rotatable bonds is 3. The van der Waals surface area contributed by atoms with Crippen molar-refractivity contribution in [1.29, 1.82) is 0 Å². The van der Waals surface area contributed by atoms with E-state index < -0.39 is 11.6 Å². The van der Waals surface area contributed by atoms with Gasteiger partial charge in [-0.05, 0) is 26.7 Å². The van der Waals surface area contributed by atoms with Crippen molar-refractivity contribution < 1.29 is 14.3 Å². The first-order valence-electron chi connectivity index (χ1n) is 6.01. The maximum Gasteiger partial charge on any atom is 0.343 e. The SMILES string of the molecule is CCOC(=O)c1cnc(C2(C)CCCO2)nc1N. The van der Waals surface area contributed by atoms with Gasteiger partial charge in [-0.1, -0.05) is 0 Å². The molecule has 98 valence electrons. The molecule has 0 saturated carbocycles. The molecule has 1 aliphatic heterocycles. The molecule has 1 atom stereocenters. The van der Waals surface area contributed by atoms with E-state index in [-0.39, 0.29) is 11.4 Å². The number of carbonyl (C=O) groups is 1. The molecule has 1 aromatic heterocycles. The van der Waals surface area contributed by atoms with Gasteiger partial charge in [0.05, 0.1) is 6.61 Å². The Morgan fingerprint density at radius 3 is 3.00 bits per heavy atom. The maximum absolute atomic E-state index is 11.6. The van der Waals surface area contributed by atoms with Crippen molar-refractivity contribution in [2.24, 2.45) is 0 Å². The Hall–Kier alpha value is -1.69.